The number of nitrogens with one attached hydrogen (secondary N) is 2. The van der Waals surface area contributed by atoms with Crippen LogP contribution in [0.1, 0.15) is 0 Å². The SMILES string of the molecule is N#C/C(=C/Nc1cccc(O)c1)C(=O)Nc1cccc(Cl)c1. The van der Waals surface area contributed by atoms with Crippen molar-refractivity contribution in [2.24, 2.45) is 0 Å². The number of rotatable bonds is 4. The van der Waals surface area contributed by atoms with Gasteiger partial charge in [0.1, 0.15) is 17.4 Å². The molecule has 2 aromatic carbocycles. The third kappa shape index (κ3) is 4.27. The Morgan fingerprint density at radius 1 is 1.18 bits per heavy atom. The first-order valence-corrected chi connectivity index (χ1v) is 6.69. The van der Waals surface area contributed by atoms with Crippen LogP contribution in [0.15, 0.2) is 60.3 Å². The molecule has 0 aliphatic heterocycles. The monoisotopic (exact) mass is 313 g/mol. The van der Waals surface area contributed by atoms with Crippen LogP contribution >= 0.6 is 11.6 Å². The number of hydrogen-bond acceptors (Lipinski definition) is 4. The van der Waals surface area contributed by atoms with Gasteiger partial charge in [-0.15, -0.1) is 0 Å². The molecule has 2 rings (SSSR count). The number of nitriles is 1. The second-order valence-electron chi connectivity index (χ2n) is 4.33. The average Bonchev–Trinajstić information content (AvgIpc) is 2.48. The number of phenols is 1. The Bertz CT molecular complexity index is 766. The second kappa shape index (κ2) is 7.16. The summed E-state index contributed by atoms with van der Waals surface area (Å²) in [6.45, 7) is 0. The summed E-state index contributed by atoms with van der Waals surface area (Å²) in [6.07, 6.45) is 1.27. The Kier molecular flexibility index (Phi) is 5.02. The van der Waals surface area contributed by atoms with Gasteiger partial charge in [-0.25, -0.2) is 0 Å². The van der Waals surface area contributed by atoms with Gasteiger partial charge in [0.2, 0.25) is 0 Å². The minimum Gasteiger partial charge on any atom is -0.508 e. The van der Waals surface area contributed by atoms with E-state index in [4.69, 9.17) is 16.9 Å². The van der Waals surface area contributed by atoms with Gasteiger partial charge < -0.3 is 15.7 Å². The van der Waals surface area contributed by atoms with Gasteiger partial charge in [0.15, 0.2) is 0 Å². The molecule has 0 aliphatic rings. The van der Waals surface area contributed by atoms with Crippen molar-refractivity contribution in [3.63, 3.8) is 0 Å². The van der Waals surface area contributed by atoms with Gasteiger partial charge in [-0.2, -0.15) is 5.26 Å². The lowest BCUT2D eigenvalue weighted by Gasteiger charge is -2.05. The number of phenolic OH excluding ortho intramolecular Hbond substituents is 1. The van der Waals surface area contributed by atoms with Gasteiger partial charge in [-0.05, 0) is 30.3 Å². The van der Waals surface area contributed by atoms with E-state index in [1.165, 1.54) is 18.3 Å². The minimum absolute atomic E-state index is 0.0836. The van der Waals surface area contributed by atoms with Crippen molar-refractivity contribution in [1.82, 2.24) is 0 Å². The van der Waals surface area contributed by atoms with E-state index >= 15 is 0 Å². The lowest BCUT2D eigenvalue weighted by molar-refractivity contribution is -0.112. The zero-order valence-corrected chi connectivity index (χ0v) is 12.1. The molecule has 0 spiro atoms. The summed E-state index contributed by atoms with van der Waals surface area (Å²) in [5, 5.41) is 24.3. The van der Waals surface area contributed by atoms with Crippen LogP contribution < -0.4 is 10.6 Å². The second-order valence-corrected chi connectivity index (χ2v) is 4.77. The number of hydrogen-bond donors (Lipinski definition) is 3. The van der Waals surface area contributed by atoms with Gasteiger partial charge in [0.05, 0.1) is 0 Å². The summed E-state index contributed by atoms with van der Waals surface area (Å²) in [5.74, 6) is -0.474. The summed E-state index contributed by atoms with van der Waals surface area (Å²) < 4.78 is 0. The van der Waals surface area contributed by atoms with E-state index in [0.717, 1.165) is 0 Å². The molecule has 0 aliphatic carbocycles. The van der Waals surface area contributed by atoms with Gasteiger partial charge >= 0.3 is 0 Å². The molecule has 0 saturated carbocycles. The third-order valence-electron chi connectivity index (χ3n) is 2.68. The number of carbonyl (C=O) groups excluding carboxylic acids is 1. The Morgan fingerprint density at radius 3 is 2.59 bits per heavy atom. The van der Waals surface area contributed by atoms with Gasteiger partial charge in [-0.3, -0.25) is 4.79 Å². The van der Waals surface area contributed by atoms with Crippen LogP contribution in [0.3, 0.4) is 0 Å². The normalized spacial score (nSPS) is 10.6. The summed E-state index contributed by atoms with van der Waals surface area (Å²) in [5.41, 5.74) is 0.947. The van der Waals surface area contributed by atoms with E-state index in [9.17, 15) is 9.90 Å². The first-order valence-electron chi connectivity index (χ1n) is 6.31. The largest absolute Gasteiger partial charge is 0.508 e. The molecule has 0 saturated heterocycles. The van der Waals surface area contributed by atoms with Crippen LogP contribution in [0.25, 0.3) is 0 Å². The standard InChI is InChI=1S/C16H12ClN3O2/c17-12-3-1-5-14(7-12)20-16(22)11(9-18)10-19-13-4-2-6-15(21)8-13/h1-8,10,19,21H,(H,20,22)/b11-10-. The van der Waals surface area contributed by atoms with Gasteiger partial charge in [-0.1, -0.05) is 23.7 Å². The first-order chi connectivity index (χ1) is 10.6. The van der Waals surface area contributed by atoms with Crippen molar-refractivity contribution in [2.45, 2.75) is 0 Å². The van der Waals surface area contributed by atoms with Crippen molar-refractivity contribution < 1.29 is 9.90 Å². The molecule has 1 amide bonds. The number of benzene rings is 2. The van der Waals surface area contributed by atoms with Crippen LogP contribution in [0, 0.1) is 11.3 Å². The molecule has 0 aromatic heterocycles. The zero-order valence-electron chi connectivity index (χ0n) is 11.4. The van der Waals surface area contributed by atoms with E-state index in [2.05, 4.69) is 10.6 Å². The quantitative estimate of drug-likeness (QED) is 0.595. The molecule has 22 heavy (non-hydrogen) atoms. The number of nitrogens with zero attached hydrogens (tertiary/aromatic N) is 1. The van der Waals surface area contributed by atoms with Crippen LogP contribution in [-0.4, -0.2) is 11.0 Å². The zero-order chi connectivity index (χ0) is 15.9. The smallest absolute Gasteiger partial charge is 0.267 e. The third-order valence-corrected chi connectivity index (χ3v) is 2.91. The van der Waals surface area contributed by atoms with E-state index < -0.39 is 5.91 Å². The molecule has 5 nitrogen and oxygen atoms in total. The van der Waals surface area contributed by atoms with E-state index in [1.807, 2.05) is 6.07 Å². The number of carbonyl (C=O) groups is 1. The molecule has 3 N–H and O–H groups in total. The van der Waals surface area contributed by atoms with Crippen LogP contribution in [0.2, 0.25) is 5.02 Å². The molecule has 110 valence electrons. The fraction of sp³-hybridized carbons (Fsp3) is 0. The van der Waals surface area contributed by atoms with Crippen molar-refractivity contribution in [3.8, 4) is 11.8 Å². The predicted octanol–water partition coefficient (Wildman–Crippen LogP) is 3.50. The van der Waals surface area contributed by atoms with Gasteiger partial charge in [0.25, 0.3) is 5.91 Å². The highest BCUT2D eigenvalue weighted by atomic mass is 35.5. The van der Waals surface area contributed by atoms with Crippen molar-refractivity contribution >= 4 is 28.9 Å². The van der Waals surface area contributed by atoms with Crippen molar-refractivity contribution in [2.75, 3.05) is 10.6 Å². The topological polar surface area (TPSA) is 85.2 Å². The molecule has 6 heteroatoms. The number of aromatic hydroxyl groups is 1. The maximum atomic E-state index is 12.0. The maximum Gasteiger partial charge on any atom is 0.267 e. The highest BCUT2D eigenvalue weighted by Crippen LogP contribution is 2.17. The fourth-order valence-electron chi connectivity index (χ4n) is 1.66. The Labute approximate surface area is 132 Å². The van der Waals surface area contributed by atoms with Crippen LogP contribution in [-0.2, 0) is 4.79 Å². The Hall–Kier alpha value is -2.97. The number of anilines is 2. The average molecular weight is 314 g/mol. The first kappa shape index (κ1) is 15.4. The van der Waals surface area contributed by atoms with E-state index in [1.54, 1.807) is 36.4 Å². The molecule has 0 radical (unpaired) electrons. The summed E-state index contributed by atoms with van der Waals surface area (Å²) in [7, 11) is 0. The highest BCUT2D eigenvalue weighted by Gasteiger charge is 2.09. The van der Waals surface area contributed by atoms with Crippen molar-refractivity contribution in [1.29, 1.82) is 5.26 Å². The summed E-state index contributed by atoms with van der Waals surface area (Å²) in [6, 6.07) is 14.8. The van der Waals surface area contributed by atoms with E-state index in [-0.39, 0.29) is 11.3 Å². The van der Waals surface area contributed by atoms with Crippen LogP contribution in [0.4, 0.5) is 11.4 Å². The maximum absolute atomic E-state index is 12.0. The minimum atomic E-state index is -0.558. The Morgan fingerprint density at radius 2 is 1.91 bits per heavy atom. The molecule has 0 unspecified atom stereocenters. The highest BCUT2D eigenvalue weighted by molar-refractivity contribution is 6.31. The molecule has 0 atom stereocenters. The molecular formula is C16H12ClN3O2. The Balaban J connectivity index is 2.09. The predicted molar refractivity (Wildman–Crippen MR) is 85.5 cm³/mol. The van der Waals surface area contributed by atoms with E-state index in [0.29, 0.717) is 16.4 Å². The number of amides is 1. The molecular weight excluding hydrogens is 302 g/mol. The van der Waals surface area contributed by atoms with Crippen LogP contribution in [0.5, 0.6) is 5.75 Å². The number of halogens is 1. The lowest BCUT2D eigenvalue weighted by atomic mass is 10.2. The molecule has 0 heterocycles. The molecule has 2 aromatic rings. The fourth-order valence-corrected chi connectivity index (χ4v) is 1.85. The molecule has 0 bridgehead atoms. The molecule has 0 fully saturated rings. The lowest BCUT2D eigenvalue weighted by Crippen LogP contribution is -2.14. The summed E-state index contributed by atoms with van der Waals surface area (Å²) in [4.78, 5) is 12.0. The summed E-state index contributed by atoms with van der Waals surface area (Å²) >= 11 is 5.83. The van der Waals surface area contributed by atoms with Gasteiger partial charge in [0, 0.05) is 28.7 Å². The van der Waals surface area contributed by atoms with Crippen molar-refractivity contribution in [3.05, 3.63) is 65.3 Å².